The third kappa shape index (κ3) is 4.54. The fraction of sp³-hybridized carbons (Fsp3) is 0.400. The number of aromatic nitrogens is 2. The van der Waals surface area contributed by atoms with E-state index in [2.05, 4.69) is 25.8 Å². The zero-order valence-electron chi connectivity index (χ0n) is 13.0. The van der Waals surface area contributed by atoms with Crippen LogP contribution >= 0.6 is 0 Å². The molecular formula is C15H20FN5O. The van der Waals surface area contributed by atoms with Gasteiger partial charge in [0.1, 0.15) is 5.82 Å². The summed E-state index contributed by atoms with van der Waals surface area (Å²) in [5.41, 5.74) is 2.06. The Balaban J connectivity index is 1.79. The third-order valence-electron chi connectivity index (χ3n) is 3.20. The van der Waals surface area contributed by atoms with E-state index in [0.717, 1.165) is 17.5 Å². The summed E-state index contributed by atoms with van der Waals surface area (Å²) in [6.45, 7) is 4.78. The first-order chi connectivity index (χ1) is 10.6. The smallest absolute Gasteiger partial charge is 0.223 e. The van der Waals surface area contributed by atoms with Crippen molar-refractivity contribution in [1.29, 1.82) is 0 Å². The van der Waals surface area contributed by atoms with E-state index in [1.165, 1.54) is 6.07 Å². The highest BCUT2D eigenvalue weighted by Gasteiger charge is 2.04. The highest BCUT2D eigenvalue weighted by Crippen LogP contribution is 2.10. The number of aryl methyl sites for hydroxylation is 2. The molecule has 1 aromatic heterocycles. The predicted octanol–water partition coefficient (Wildman–Crippen LogP) is 1.73. The highest BCUT2D eigenvalue weighted by molar-refractivity contribution is 5.79. The van der Waals surface area contributed by atoms with E-state index in [1.807, 2.05) is 13.0 Å². The molecule has 0 radical (unpaired) electrons. The molecule has 0 amide bonds. The van der Waals surface area contributed by atoms with Crippen LogP contribution in [0.1, 0.15) is 22.8 Å². The lowest BCUT2D eigenvalue weighted by atomic mass is 10.1. The molecule has 2 aromatic rings. The van der Waals surface area contributed by atoms with Crippen molar-refractivity contribution in [2.75, 3.05) is 13.6 Å². The van der Waals surface area contributed by atoms with Gasteiger partial charge < -0.3 is 15.2 Å². The second-order valence-corrected chi connectivity index (χ2v) is 4.90. The van der Waals surface area contributed by atoms with Gasteiger partial charge in [-0.3, -0.25) is 4.99 Å². The van der Waals surface area contributed by atoms with Gasteiger partial charge >= 0.3 is 0 Å². The SMILES string of the molecule is CN=C(NCCc1ccc(F)cc1C)NCc1noc(C)n1. The molecule has 1 heterocycles. The van der Waals surface area contributed by atoms with Gasteiger partial charge in [-0.2, -0.15) is 4.98 Å². The average Bonchev–Trinajstić information content (AvgIpc) is 2.90. The number of halogens is 1. The Morgan fingerprint density at radius 1 is 1.32 bits per heavy atom. The second kappa shape index (κ2) is 7.53. The van der Waals surface area contributed by atoms with E-state index in [-0.39, 0.29) is 5.82 Å². The van der Waals surface area contributed by atoms with Crippen molar-refractivity contribution < 1.29 is 8.91 Å². The van der Waals surface area contributed by atoms with Gasteiger partial charge in [0.15, 0.2) is 11.8 Å². The molecule has 0 aliphatic carbocycles. The molecule has 1 aromatic carbocycles. The number of guanidine groups is 1. The van der Waals surface area contributed by atoms with Gasteiger partial charge in [-0.25, -0.2) is 4.39 Å². The first-order valence-electron chi connectivity index (χ1n) is 7.07. The van der Waals surface area contributed by atoms with E-state index in [0.29, 0.717) is 30.8 Å². The minimum absolute atomic E-state index is 0.206. The lowest BCUT2D eigenvalue weighted by molar-refractivity contribution is 0.387. The van der Waals surface area contributed by atoms with E-state index >= 15 is 0 Å². The number of nitrogens with zero attached hydrogens (tertiary/aromatic N) is 3. The Kier molecular flexibility index (Phi) is 5.46. The van der Waals surface area contributed by atoms with Crippen molar-refractivity contribution in [2.45, 2.75) is 26.8 Å². The predicted molar refractivity (Wildman–Crippen MR) is 82.1 cm³/mol. The minimum Gasteiger partial charge on any atom is -0.356 e. The Morgan fingerprint density at radius 3 is 2.77 bits per heavy atom. The number of rotatable bonds is 5. The summed E-state index contributed by atoms with van der Waals surface area (Å²) < 4.78 is 18.0. The maximum absolute atomic E-state index is 13.1. The van der Waals surface area contributed by atoms with Crippen molar-refractivity contribution in [2.24, 2.45) is 4.99 Å². The van der Waals surface area contributed by atoms with Crippen molar-refractivity contribution >= 4 is 5.96 Å². The van der Waals surface area contributed by atoms with Crippen LogP contribution in [0.2, 0.25) is 0 Å². The number of aliphatic imine (C=N–C) groups is 1. The summed E-state index contributed by atoms with van der Waals surface area (Å²) in [5.74, 6) is 1.56. The summed E-state index contributed by atoms with van der Waals surface area (Å²) in [7, 11) is 1.69. The zero-order chi connectivity index (χ0) is 15.9. The summed E-state index contributed by atoms with van der Waals surface area (Å²) in [4.78, 5) is 8.23. The molecule has 0 saturated carbocycles. The van der Waals surface area contributed by atoms with Gasteiger partial charge in [0.2, 0.25) is 5.89 Å². The fourth-order valence-corrected chi connectivity index (χ4v) is 2.05. The molecule has 0 bridgehead atoms. The molecule has 0 fully saturated rings. The first kappa shape index (κ1) is 15.9. The van der Waals surface area contributed by atoms with Crippen molar-refractivity contribution in [3.8, 4) is 0 Å². The van der Waals surface area contributed by atoms with Crippen LogP contribution in [-0.4, -0.2) is 29.7 Å². The molecule has 0 aliphatic heterocycles. The van der Waals surface area contributed by atoms with Crippen LogP contribution in [0.5, 0.6) is 0 Å². The standard InChI is InChI=1S/C15H20FN5O/c1-10-8-13(16)5-4-12(10)6-7-18-15(17-3)19-9-14-20-11(2)22-21-14/h4-5,8H,6-7,9H2,1-3H3,(H2,17,18,19). The summed E-state index contributed by atoms with van der Waals surface area (Å²) in [6, 6.07) is 4.83. The van der Waals surface area contributed by atoms with Crippen molar-refractivity contribution in [3.63, 3.8) is 0 Å². The van der Waals surface area contributed by atoms with Gasteiger partial charge in [0.05, 0.1) is 6.54 Å². The molecule has 0 saturated heterocycles. The normalized spacial score (nSPS) is 11.5. The van der Waals surface area contributed by atoms with Gasteiger partial charge in [0, 0.05) is 20.5 Å². The van der Waals surface area contributed by atoms with Crippen LogP contribution in [0.25, 0.3) is 0 Å². The molecule has 0 atom stereocenters. The molecule has 22 heavy (non-hydrogen) atoms. The highest BCUT2D eigenvalue weighted by atomic mass is 19.1. The van der Waals surface area contributed by atoms with Crippen LogP contribution in [0.15, 0.2) is 27.7 Å². The van der Waals surface area contributed by atoms with E-state index in [1.54, 1.807) is 20.0 Å². The van der Waals surface area contributed by atoms with Crippen LogP contribution in [0.3, 0.4) is 0 Å². The third-order valence-corrected chi connectivity index (χ3v) is 3.20. The molecule has 0 unspecified atom stereocenters. The Hall–Kier alpha value is -2.44. The van der Waals surface area contributed by atoms with Crippen LogP contribution in [0, 0.1) is 19.7 Å². The quantitative estimate of drug-likeness (QED) is 0.650. The average molecular weight is 305 g/mol. The van der Waals surface area contributed by atoms with E-state index < -0.39 is 0 Å². The molecule has 2 N–H and O–H groups in total. The fourth-order valence-electron chi connectivity index (χ4n) is 2.05. The van der Waals surface area contributed by atoms with Crippen molar-refractivity contribution in [1.82, 2.24) is 20.8 Å². The molecule has 118 valence electrons. The number of hydrogen-bond donors (Lipinski definition) is 2. The van der Waals surface area contributed by atoms with Gasteiger partial charge in [-0.15, -0.1) is 0 Å². The largest absolute Gasteiger partial charge is 0.356 e. The molecular weight excluding hydrogens is 285 g/mol. The number of nitrogens with one attached hydrogen (secondary N) is 2. The summed E-state index contributed by atoms with van der Waals surface area (Å²) in [5, 5.41) is 10.1. The first-order valence-corrected chi connectivity index (χ1v) is 7.07. The number of hydrogen-bond acceptors (Lipinski definition) is 4. The Morgan fingerprint density at radius 2 is 2.14 bits per heavy atom. The van der Waals surface area contributed by atoms with Crippen LogP contribution < -0.4 is 10.6 Å². The maximum Gasteiger partial charge on any atom is 0.223 e. The Bertz CT molecular complexity index is 653. The molecule has 0 aliphatic rings. The van der Waals surface area contributed by atoms with Gasteiger partial charge in [-0.1, -0.05) is 11.2 Å². The van der Waals surface area contributed by atoms with E-state index in [4.69, 9.17) is 4.52 Å². The summed E-state index contributed by atoms with van der Waals surface area (Å²) >= 11 is 0. The lowest BCUT2D eigenvalue weighted by Crippen LogP contribution is -2.38. The molecule has 0 spiro atoms. The van der Waals surface area contributed by atoms with Crippen LogP contribution in [0.4, 0.5) is 4.39 Å². The Labute approximate surface area is 128 Å². The van der Waals surface area contributed by atoms with Crippen LogP contribution in [-0.2, 0) is 13.0 Å². The summed E-state index contributed by atoms with van der Waals surface area (Å²) in [6.07, 6.45) is 0.786. The molecule has 6 nitrogen and oxygen atoms in total. The molecule has 2 rings (SSSR count). The zero-order valence-corrected chi connectivity index (χ0v) is 13.0. The second-order valence-electron chi connectivity index (χ2n) is 4.90. The molecule has 7 heteroatoms. The van der Waals surface area contributed by atoms with Gasteiger partial charge in [0.25, 0.3) is 0 Å². The number of benzene rings is 1. The topological polar surface area (TPSA) is 75.3 Å². The lowest BCUT2D eigenvalue weighted by Gasteiger charge is -2.11. The van der Waals surface area contributed by atoms with E-state index in [9.17, 15) is 4.39 Å². The minimum atomic E-state index is -0.206. The monoisotopic (exact) mass is 305 g/mol. The van der Waals surface area contributed by atoms with Gasteiger partial charge in [-0.05, 0) is 36.6 Å². The van der Waals surface area contributed by atoms with Crippen molar-refractivity contribution in [3.05, 3.63) is 46.9 Å². The maximum atomic E-state index is 13.1.